The van der Waals surface area contributed by atoms with Crippen molar-refractivity contribution in [1.29, 1.82) is 0 Å². The van der Waals surface area contributed by atoms with Gasteiger partial charge in [0.05, 0.1) is 0 Å². The van der Waals surface area contributed by atoms with Crippen molar-refractivity contribution >= 4 is 0 Å². The summed E-state index contributed by atoms with van der Waals surface area (Å²) in [6.07, 6.45) is 3.01. The average molecular weight is 173 g/mol. The summed E-state index contributed by atoms with van der Waals surface area (Å²) >= 11 is 0. The summed E-state index contributed by atoms with van der Waals surface area (Å²) in [6, 6.07) is 0. The molecular weight excluding hydrogens is 154 g/mol. The molecule has 1 aliphatic heterocycles. The van der Waals surface area contributed by atoms with Crippen molar-refractivity contribution < 1.29 is 9.84 Å². The molecule has 0 radical (unpaired) electrons. The van der Waals surface area contributed by atoms with Crippen molar-refractivity contribution in [3.63, 3.8) is 0 Å². The third kappa shape index (κ3) is 3.09. The molecule has 0 saturated carbocycles. The van der Waals surface area contributed by atoms with Gasteiger partial charge in [-0.3, -0.25) is 0 Å². The molecule has 1 saturated heterocycles. The van der Waals surface area contributed by atoms with Gasteiger partial charge < -0.3 is 15.2 Å². The Morgan fingerprint density at radius 2 is 2.08 bits per heavy atom. The highest BCUT2D eigenvalue weighted by Gasteiger charge is 2.25. The number of rotatable bonds is 4. The number of ether oxygens (including phenoxy) is 1. The Bertz CT molecular complexity index is 122. The van der Waals surface area contributed by atoms with Gasteiger partial charge in [-0.15, -0.1) is 0 Å². The molecule has 0 unspecified atom stereocenters. The van der Waals surface area contributed by atoms with Crippen molar-refractivity contribution in [3.05, 3.63) is 0 Å². The molecule has 0 amide bonds. The normalized spacial score (nSPS) is 22.5. The summed E-state index contributed by atoms with van der Waals surface area (Å²) in [6.45, 7) is 5.14. The summed E-state index contributed by atoms with van der Waals surface area (Å²) < 4.78 is 5.28. The molecule has 1 aliphatic rings. The number of aliphatic hydroxyl groups excluding tert-OH is 1. The van der Waals surface area contributed by atoms with Gasteiger partial charge in [-0.25, -0.2) is 0 Å². The van der Waals surface area contributed by atoms with Crippen LogP contribution in [0.15, 0.2) is 0 Å². The lowest BCUT2D eigenvalue weighted by molar-refractivity contribution is 0.0449. The molecule has 12 heavy (non-hydrogen) atoms. The van der Waals surface area contributed by atoms with Crippen molar-refractivity contribution in [1.82, 2.24) is 5.32 Å². The quantitative estimate of drug-likeness (QED) is 0.609. The fourth-order valence-electron chi connectivity index (χ4n) is 1.47. The van der Waals surface area contributed by atoms with Crippen LogP contribution in [0.1, 0.15) is 26.2 Å². The van der Waals surface area contributed by atoms with Gasteiger partial charge in [-0.1, -0.05) is 0 Å². The second-order valence-electron chi connectivity index (χ2n) is 3.68. The van der Waals surface area contributed by atoms with E-state index in [9.17, 15) is 0 Å². The van der Waals surface area contributed by atoms with Crippen LogP contribution in [0.2, 0.25) is 0 Å². The second-order valence-corrected chi connectivity index (χ2v) is 3.68. The van der Waals surface area contributed by atoms with Gasteiger partial charge >= 0.3 is 0 Å². The highest BCUT2D eigenvalue weighted by atomic mass is 16.5. The van der Waals surface area contributed by atoms with Crippen LogP contribution in [0.25, 0.3) is 0 Å². The van der Waals surface area contributed by atoms with E-state index >= 15 is 0 Å². The molecule has 0 aromatic heterocycles. The standard InChI is InChI=1S/C9H19NO2/c1-9(10-5-2-6-11)3-7-12-8-4-9/h10-11H,2-8H2,1H3. The van der Waals surface area contributed by atoms with E-state index in [-0.39, 0.29) is 12.1 Å². The number of nitrogens with one attached hydrogen (secondary N) is 1. The van der Waals surface area contributed by atoms with Crippen LogP contribution in [-0.2, 0) is 4.74 Å². The van der Waals surface area contributed by atoms with Crippen molar-refractivity contribution in [3.8, 4) is 0 Å². The topological polar surface area (TPSA) is 41.5 Å². The minimum Gasteiger partial charge on any atom is -0.396 e. The SMILES string of the molecule is CC1(NCCCO)CCOCC1. The Morgan fingerprint density at radius 3 is 2.67 bits per heavy atom. The van der Waals surface area contributed by atoms with E-state index in [0.717, 1.165) is 39.0 Å². The number of hydrogen-bond donors (Lipinski definition) is 2. The van der Waals surface area contributed by atoms with Crippen LogP contribution in [0, 0.1) is 0 Å². The van der Waals surface area contributed by atoms with E-state index in [0.29, 0.717) is 0 Å². The highest BCUT2D eigenvalue weighted by molar-refractivity contribution is 4.84. The van der Waals surface area contributed by atoms with Crippen LogP contribution < -0.4 is 5.32 Å². The summed E-state index contributed by atoms with van der Waals surface area (Å²) in [5.41, 5.74) is 0.243. The van der Waals surface area contributed by atoms with Gasteiger partial charge in [-0.05, 0) is 32.7 Å². The summed E-state index contributed by atoms with van der Waals surface area (Å²) in [7, 11) is 0. The lowest BCUT2D eigenvalue weighted by Gasteiger charge is -2.34. The molecular formula is C9H19NO2. The lowest BCUT2D eigenvalue weighted by atomic mass is 9.92. The van der Waals surface area contributed by atoms with E-state index in [1.807, 2.05) is 0 Å². The molecule has 0 atom stereocenters. The van der Waals surface area contributed by atoms with Gasteiger partial charge in [0.15, 0.2) is 0 Å². The zero-order valence-corrected chi connectivity index (χ0v) is 7.81. The van der Waals surface area contributed by atoms with Crippen LogP contribution in [0.3, 0.4) is 0 Å². The Labute approximate surface area is 74.1 Å². The Morgan fingerprint density at radius 1 is 1.42 bits per heavy atom. The summed E-state index contributed by atoms with van der Waals surface area (Å²) in [5, 5.41) is 12.1. The molecule has 0 spiro atoms. The second kappa shape index (κ2) is 4.80. The predicted octanol–water partition coefficient (Wildman–Crippen LogP) is 0.527. The van der Waals surface area contributed by atoms with Crippen molar-refractivity contribution in [2.24, 2.45) is 0 Å². The minimum absolute atomic E-state index is 0.243. The van der Waals surface area contributed by atoms with Crippen molar-refractivity contribution in [2.75, 3.05) is 26.4 Å². The monoisotopic (exact) mass is 173 g/mol. The molecule has 3 nitrogen and oxygen atoms in total. The van der Waals surface area contributed by atoms with Gasteiger partial charge in [0, 0.05) is 25.4 Å². The van der Waals surface area contributed by atoms with Crippen LogP contribution in [-0.4, -0.2) is 37.0 Å². The predicted molar refractivity (Wildman–Crippen MR) is 48.2 cm³/mol. The maximum absolute atomic E-state index is 8.61. The van der Waals surface area contributed by atoms with Gasteiger partial charge in [0.1, 0.15) is 0 Å². The zero-order valence-electron chi connectivity index (χ0n) is 7.81. The molecule has 1 heterocycles. The van der Waals surface area contributed by atoms with Crippen LogP contribution in [0.4, 0.5) is 0 Å². The highest BCUT2D eigenvalue weighted by Crippen LogP contribution is 2.19. The van der Waals surface area contributed by atoms with E-state index in [4.69, 9.17) is 9.84 Å². The van der Waals surface area contributed by atoms with Gasteiger partial charge in [0.25, 0.3) is 0 Å². The fourth-order valence-corrected chi connectivity index (χ4v) is 1.47. The lowest BCUT2D eigenvalue weighted by Crippen LogP contribution is -2.47. The molecule has 0 aliphatic carbocycles. The minimum atomic E-state index is 0.243. The first-order chi connectivity index (χ1) is 5.77. The molecule has 0 aromatic carbocycles. The maximum Gasteiger partial charge on any atom is 0.0483 e. The Kier molecular flexibility index (Phi) is 3.98. The maximum atomic E-state index is 8.61. The fraction of sp³-hybridized carbons (Fsp3) is 1.00. The van der Waals surface area contributed by atoms with Crippen LogP contribution in [0.5, 0.6) is 0 Å². The van der Waals surface area contributed by atoms with Gasteiger partial charge in [0.2, 0.25) is 0 Å². The Hall–Kier alpha value is -0.120. The first kappa shape index (κ1) is 9.96. The largest absolute Gasteiger partial charge is 0.396 e. The molecule has 3 heteroatoms. The first-order valence-corrected chi connectivity index (χ1v) is 4.70. The number of aliphatic hydroxyl groups is 1. The molecule has 1 fully saturated rings. The smallest absolute Gasteiger partial charge is 0.0483 e. The summed E-state index contributed by atoms with van der Waals surface area (Å²) in [4.78, 5) is 0. The van der Waals surface area contributed by atoms with E-state index in [1.54, 1.807) is 0 Å². The molecule has 72 valence electrons. The molecule has 1 rings (SSSR count). The molecule has 2 N–H and O–H groups in total. The third-order valence-electron chi connectivity index (χ3n) is 2.48. The van der Waals surface area contributed by atoms with E-state index < -0.39 is 0 Å². The molecule has 0 bridgehead atoms. The third-order valence-corrected chi connectivity index (χ3v) is 2.48. The van der Waals surface area contributed by atoms with Gasteiger partial charge in [-0.2, -0.15) is 0 Å². The van der Waals surface area contributed by atoms with E-state index in [2.05, 4.69) is 12.2 Å². The first-order valence-electron chi connectivity index (χ1n) is 4.70. The zero-order chi connectivity index (χ0) is 8.86. The average Bonchev–Trinajstić information content (AvgIpc) is 2.06. The number of hydrogen-bond acceptors (Lipinski definition) is 3. The summed E-state index contributed by atoms with van der Waals surface area (Å²) in [5.74, 6) is 0. The van der Waals surface area contributed by atoms with Crippen molar-refractivity contribution in [2.45, 2.75) is 31.7 Å². The van der Waals surface area contributed by atoms with E-state index in [1.165, 1.54) is 0 Å². The Balaban J connectivity index is 2.17. The molecule has 0 aromatic rings. The van der Waals surface area contributed by atoms with Crippen LogP contribution >= 0.6 is 0 Å².